The van der Waals surface area contributed by atoms with Crippen molar-refractivity contribution < 1.29 is 14.0 Å². The number of hydrogen-bond donors (Lipinski definition) is 1. The van der Waals surface area contributed by atoms with Crippen molar-refractivity contribution in [1.82, 2.24) is 0 Å². The summed E-state index contributed by atoms with van der Waals surface area (Å²) in [6.07, 6.45) is 3.57. The van der Waals surface area contributed by atoms with E-state index in [9.17, 15) is 4.57 Å². The number of hydrogen-bond acceptors (Lipinski definition) is 2. The molecular weight excluding hydrogens is 127 g/mol. The van der Waals surface area contributed by atoms with Gasteiger partial charge in [-0.25, -0.2) is 4.52 Å². The SMILES string of the molecule is O=[P+](O)OC1=CCC1. The third-order valence-corrected chi connectivity index (χ3v) is 1.35. The molecule has 0 saturated heterocycles. The molecule has 1 atom stereocenters. The van der Waals surface area contributed by atoms with Crippen LogP contribution in [0.1, 0.15) is 12.8 Å². The topological polar surface area (TPSA) is 46.5 Å². The maximum Gasteiger partial charge on any atom is 0.747 e. The van der Waals surface area contributed by atoms with Crippen LogP contribution in [0.2, 0.25) is 0 Å². The maximum atomic E-state index is 9.89. The summed E-state index contributed by atoms with van der Waals surface area (Å²) in [6, 6.07) is 0. The molecule has 0 aromatic rings. The first-order valence-electron chi connectivity index (χ1n) is 2.32. The average Bonchev–Trinajstić information content (AvgIpc) is 1.55. The van der Waals surface area contributed by atoms with Gasteiger partial charge < -0.3 is 0 Å². The zero-order valence-corrected chi connectivity index (χ0v) is 5.10. The van der Waals surface area contributed by atoms with E-state index in [1.54, 1.807) is 6.08 Å². The van der Waals surface area contributed by atoms with Gasteiger partial charge in [0.05, 0.1) is 0 Å². The van der Waals surface area contributed by atoms with Gasteiger partial charge in [-0.15, -0.1) is 4.89 Å². The minimum Gasteiger partial charge on any atom is -0.234 e. The third kappa shape index (κ3) is 1.29. The number of allylic oxidation sites excluding steroid dienone is 2. The molecule has 1 unspecified atom stereocenters. The molecule has 0 radical (unpaired) electrons. The Balaban J connectivity index is 2.29. The molecular formula is C4H6O3P+. The molecule has 1 aliphatic rings. The van der Waals surface area contributed by atoms with E-state index in [4.69, 9.17) is 4.89 Å². The van der Waals surface area contributed by atoms with Crippen molar-refractivity contribution in [2.24, 2.45) is 0 Å². The zero-order chi connectivity index (χ0) is 5.98. The second kappa shape index (κ2) is 2.25. The number of rotatable bonds is 2. The highest BCUT2D eigenvalue weighted by atomic mass is 31.1. The summed E-state index contributed by atoms with van der Waals surface area (Å²) < 4.78 is 14.3. The molecule has 0 fully saturated rings. The molecule has 3 nitrogen and oxygen atoms in total. The van der Waals surface area contributed by atoms with E-state index in [0.29, 0.717) is 5.76 Å². The maximum absolute atomic E-state index is 9.89. The average molecular weight is 133 g/mol. The molecule has 0 heterocycles. The highest BCUT2D eigenvalue weighted by Crippen LogP contribution is 2.28. The molecule has 0 amide bonds. The lowest BCUT2D eigenvalue weighted by molar-refractivity contribution is 0.328. The fourth-order valence-electron chi connectivity index (χ4n) is 0.445. The van der Waals surface area contributed by atoms with Gasteiger partial charge in [0.1, 0.15) is 0 Å². The van der Waals surface area contributed by atoms with E-state index >= 15 is 0 Å². The summed E-state index contributed by atoms with van der Waals surface area (Å²) in [7, 11) is -2.41. The quantitative estimate of drug-likeness (QED) is 0.578. The van der Waals surface area contributed by atoms with Crippen LogP contribution in [0.5, 0.6) is 0 Å². The van der Waals surface area contributed by atoms with Gasteiger partial charge in [-0.05, 0) is 12.5 Å². The Labute approximate surface area is 47.9 Å². The highest BCUT2D eigenvalue weighted by Gasteiger charge is 2.19. The molecule has 1 N–H and O–H groups in total. The highest BCUT2D eigenvalue weighted by molar-refractivity contribution is 7.32. The van der Waals surface area contributed by atoms with E-state index in [0.717, 1.165) is 12.8 Å². The smallest absolute Gasteiger partial charge is 0.234 e. The van der Waals surface area contributed by atoms with Crippen LogP contribution in [-0.4, -0.2) is 4.89 Å². The fourth-order valence-corrected chi connectivity index (χ4v) is 0.812. The molecule has 0 saturated carbocycles. The monoisotopic (exact) mass is 133 g/mol. The lowest BCUT2D eigenvalue weighted by Crippen LogP contribution is -1.93. The van der Waals surface area contributed by atoms with Gasteiger partial charge in [-0.1, -0.05) is 0 Å². The van der Waals surface area contributed by atoms with Gasteiger partial charge >= 0.3 is 8.25 Å². The van der Waals surface area contributed by atoms with E-state index in [2.05, 4.69) is 4.52 Å². The molecule has 0 aromatic heterocycles. The Kier molecular flexibility index (Phi) is 1.61. The van der Waals surface area contributed by atoms with E-state index in [1.807, 2.05) is 0 Å². The van der Waals surface area contributed by atoms with Crippen molar-refractivity contribution in [1.29, 1.82) is 0 Å². The van der Waals surface area contributed by atoms with Crippen molar-refractivity contribution in [3.63, 3.8) is 0 Å². The molecule has 0 bridgehead atoms. The summed E-state index contributed by atoms with van der Waals surface area (Å²) in [6.45, 7) is 0. The standard InChI is InChI=1S/C4H5O3P/c5-8(6)7-4-2-1-3-4/h2H,1,3H2/p+1. The van der Waals surface area contributed by atoms with Crippen LogP contribution in [0, 0.1) is 0 Å². The second-order valence-corrected chi connectivity index (χ2v) is 2.20. The Morgan fingerprint density at radius 3 is 2.62 bits per heavy atom. The summed E-state index contributed by atoms with van der Waals surface area (Å²) in [5.41, 5.74) is 0. The van der Waals surface area contributed by atoms with Crippen molar-refractivity contribution in [2.75, 3.05) is 0 Å². The Hall–Kier alpha value is -0.400. The normalized spacial score (nSPS) is 18.6. The third-order valence-electron chi connectivity index (χ3n) is 0.958. The molecule has 0 aromatic carbocycles. The summed E-state index contributed by atoms with van der Waals surface area (Å²) >= 11 is 0. The van der Waals surface area contributed by atoms with Crippen molar-refractivity contribution in [3.8, 4) is 0 Å². The van der Waals surface area contributed by atoms with Crippen LogP contribution in [0.15, 0.2) is 11.8 Å². The van der Waals surface area contributed by atoms with Gasteiger partial charge in [0, 0.05) is 11.0 Å². The van der Waals surface area contributed by atoms with Crippen molar-refractivity contribution in [2.45, 2.75) is 12.8 Å². The van der Waals surface area contributed by atoms with Gasteiger partial charge in [-0.3, -0.25) is 0 Å². The van der Waals surface area contributed by atoms with Crippen LogP contribution >= 0.6 is 8.25 Å². The van der Waals surface area contributed by atoms with Gasteiger partial charge in [-0.2, -0.15) is 0 Å². The van der Waals surface area contributed by atoms with Crippen LogP contribution < -0.4 is 0 Å². The molecule has 0 spiro atoms. The van der Waals surface area contributed by atoms with E-state index < -0.39 is 8.25 Å². The Bertz CT molecular complexity index is 140. The zero-order valence-electron chi connectivity index (χ0n) is 4.20. The first-order valence-corrected chi connectivity index (χ1v) is 3.45. The van der Waals surface area contributed by atoms with E-state index in [1.165, 1.54) is 0 Å². The summed E-state index contributed by atoms with van der Waals surface area (Å²) in [4.78, 5) is 8.13. The predicted octanol–water partition coefficient (Wildman–Crippen LogP) is 1.33. The van der Waals surface area contributed by atoms with Crippen LogP contribution in [0.4, 0.5) is 0 Å². The van der Waals surface area contributed by atoms with Crippen LogP contribution in [0.25, 0.3) is 0 Å². The lowest BCUT2D eigenvalue weighted by atomic mass is 10.1. The molecule has 44 valence electrons. The minimum absolute atomic E-state index is 0.647. The lowest BCUT2D eigenvalue weighted by Gasteiger charge is -2.03. The van der Waals surface area contributed by atoms with Crippen LogP contribution in [-0.2, 0) is 9.09 Å². The predicted molar refractivity (Wildman–Crippen MR) is 28.2 cm³/mol. The molecule has 1 aliphatic carbocycles. The summed E-state index contributed by atoms with van der Waals surface area (Å²) in [5.74, 6) is 0.647. The minimum atomic E-state index is -2.41. The Morgan fingerprint density at radius 1 is 1.88 bits per heavy atom. The first kappa shape index (κ1) is 5.73. The fraction of sp³-hybridized carbons (Fsp3) is 0.500. The summed E-state index contributed by atoms with van der Waals surface area (Å²) in [5, 5.41) is 0. The van der Waals surface area contributed by atoms with Crippen molar-refractivity contribution in [3.05, 3.63) is 11.8 Å². The molecule has 8 heavy (non-hydrogen) atoms. The van der Waals surface area contributed by atoms with Gasteiger partial charge in [0.2, 0.25) is 0 Å². The van der Waals surface area contributed by atoms with Gasteiger partial charge in [0.25, 0.3) is 0 Å². The van der Waals surface area contributed by atoms with Gasteiger partial charge in [0.15, 0.2) is 5.76 Å². The molecule has 0 aliphatic heterocycles. The molecule has 4 heteroatoms. The van der Waals surface area contributed by atoms with Crippen LogP contribution in [0.3, 0.4) is 0 Å². The van der Waals surface area contributed by atoms with Crippen molar-refractivity contribution >= 4 is 8.25 Å². The largest absolute Gasteiger partial charge is 0.747 e. The second-order valence-electron chi connectivity index (χ2n) is 1.54. The first-order chi connectivity index (χ1) is 3.79. The Morgan fingerprint density at radius 2 is 2.50 bits per heavy atom. The molecule has 1 rings (SSSR count). The van der Waals surface area contributed by atoms with E-state index in [-0.39, 0.29) is 0 Å².